The number of benzene rings is 1. The third kappa shape index (κ3) is 5.27. The molecule has 0 amide bonds. The zero-order valence-electron chi connectivity index (χ0n) is 11.7. The predicted molar refractivity (Wildman–Crippen MR) is 77.0 cm³/mol. The van der Waals surface area contributed by atoms with Gasteiger partial charge in [0.05, 0.1) is 18.7 Å². The van der Waals surface area contributed by atoms with Crippen LogP contribution in [-0.2, 0) is 11.3 Å². The number of ether oxygens (including phenoxy) is 3. The summed E-state index contributed by atoms with van der Waals surface area (Å²) in [7, 11) is 1.58. The molecule has 0 fully saturated rings. The Bertz CT molecular complexity index is 397. The first-order valence-corrected chi connectivity index (χ1v) is 6.73. The van der Waals surface area contributed by atoms with E-state index in [4.69, 9.17) is 31.5 Å². The van der Waals surface area contributed by atoms with Gasteiger partial charge in [0.2, 0.25) is 0 Å². The van der Waals surface area contributed by atoms with Crippen molar-refractivity contribution in [2.75, 3.05) is 26.9 Å². The van der Waals surface area contributed by atoms with E-state index in [1.54, 1.807) is 13.2 Å². The highest BCUT2D eigenvalue weighted by Gasteiger charge is 2.11. The monoisotopic (exact) mass is 287 g/mol. The minimum absolute atomic E-state index is 0.411. The molecule has 0 saturated heterocycles. The lowest BCUT2D eigenvalue weighted by Gasteiger charge is -2.14. The van der Waals surface area contributed by atoms with E-state index >= 15 is 0 Å². The molecule has 1 aromatic rings. The zero-order chi connectivity index (χ0) is 14.3. The molecular formula is C14H22ClNO3. The smallest absolute Gasteiger partial charge is 0.179 e. The van der Waals surface area contributed by atoms with Gasteiger partial charge in [-0.05, 0) is 23.6 Å². The van der Waals surface area contributed by atoms with Gasteiger partial charge in [-0.3, -0.25) is 0 Å². The van der Waals surface area contributed by atoms with Gasteiger partial charge in [-0.15, -0.1) is 0 Å². The highest BCUT2D eigenvalue weighted by molar-refractivity contribution is 6.32. The summed E-state index contributed by atoms with van der Waals surface area (Å²) in [6.45, 7) is 6.30. The maximum Gasteiger partial charge on any atom is 0.179 e. The molecule has 0 heterocycles. The van der Waals surface area contributed by atoms with E-state index in [1.807, 2.05) is 6.07 Å². The van der Waals surface area contributed by atoms with Crippen molar-refractivity contribution in [2.24, 2.45) is 11.7 Å². The van der Waals surface area contributed by atoms with Crippen LogP contribution < -0.4 is 15.2 Å². The molecular weight excluding hydrogens is 266 g/mol. The van der Waals surface area contributed by atoms with E-state index in [0.29, 0.717) is 42.2 Å². The quantitative estimate of drug-likeness (QED) is 0.747. The molecule has 0 saturated carbocycles. The van der Waals surface area contributed by atoms with Gasteiger partial charge in [0, 0.05) is 13.2 Å². The maximum absolute atomic E-state index is 6.15. The summed E-state index contributed by atoms with van der Waals surface area (Å²) in [6.07, 6.45) is 0. The van der Waals surface area contributed by atoms with E-state index in [0.717, 1.165) is 12.2 Å². The molecule has 2 N–H and O–H groups in total. The lowest BCUT2D eigenvalue weighted by Crippen LogP contribution is -2.11. The Kier molecular flexibility index (Phi) is 6.99. The van der Waals surface area contributed by atoms with Crippen molar-refractivity contribution in [2.45, 2.75) is 20.4 Å². The Morgan fingerprint density at radius 3 is 2.58 bits per heavy atom. The van der Waals surface area contributed by atoms with Crippen molar-refractivity contribution in [3.8, 4) is 11.5 Å². The minimum atomic E-state index is 0.411. The summed E-state index contributed by atoms with van der Waals surface area (Å²) in [5.74, 6) is 1.65. The number of nitrogens with two attached hydrogens (primary N) is 1. The molecule has 1 aromatic carbocycles. The Balaban J connectivity index is 2.57. The van der Waals surface area contributed by atoms with Crippen LogP contribution in [0.15, 0.2) is 12.1 Å². The van der Waals surface area contributed by atoms with Gasteiger partial charge < -0.3 is 19.9 Å². The lowest BCUT2D eigenvalue weighted by molar-refractivity contribution is 0.0811. The molecule has 0 radical (unpaired) electrons. The van der Waals surface area contributed by atoms with E-state index in [-0.39, 0.29) is 0 Å². The van der Waals surface area contributed by atoms with Crippen LogP contribution in [0, 0.1) is 5.92 Å². The van der Waals surface area contributed by atoms with Crippen molar-refractivity contribution in [3.05, 3.63) is 22.7 Å². The van der Waals surface area contributed by atoms with Crippen molar-refractivity contribution in [1.29, 1.82) is 0 Å². The van der Waals surface area contributed by atoms with E-state index in [2.05, 4.69) is 13.8 Å². The Morgan fingerprint density at radius 2 is 2.00 bits per heavy atom. The zero-order valence-corrected chi connectivity index (χ0v) is 12.5. The van der Waals surface area contributed by atoms with Crippen LogP contribution in [-0.4, -0.2) is 26.9 Å². The normalized spacial score (nSPS) is 10.8. The molecule has 1 rings (SSSR count). The highest BCUT2D eigenvalue weighted by atomic mass is 35.5. The van der Waals surface area contributed by atoms with Gasteiger partial charge in [-0.25, -0.2) is 0 Å². The van der Waals surface area contributed by atoms with E-state index in [9.17, 15) is 0 Å². The molecule has 0 aliphatic rings. The van der Waals surface area contributed by atoms with Crippen LogP contribution in [0.4, 0.5) is 0 Å². The SMILES string of the molecule is COc1cc(CN)cc(Cl)c1OCCOCC(C)C. The molecule has 5 heteroatoms. The molecule has 4 nitrogen and oxygen atoms in total. The van der Waals surface area contributed by atoms with Crippen LogP contribution in [0.5, 0.6) is 11.5 Å². The van der Waals surface area contributed by atoms with Gasteiger partial charge >= 0.3 is 0 Å². The fourth-order valence-corrected chi connectivity index (χ4v) is 1.84. The summed E-state index contributed by atoms with van der Waals surface area (Å²) < 4.78 is 16.3. The van der Waals surface area contributed by atoms with Crippen LogP contribution in [0.1, 0.15) is 19.4 Å². The molecule has 0 aromatic heterocycles. The van der Waals surface area contributed by atoms with E-state index < -0.39 is 0 Å². The maximum atomic E-state index is 6.15. The number of hydrogen-bond acceptors (Lipinski definition) is 4. The van der Waals surface area contributed by atoms with Crippen molar-refractivity contribution in [1.82, 2.24) is 0 Å². The first-order chi connectivity index (χ1) is 9.08. The van der Waals surface area contributed by atoms with Crippen molar-refractivity contribution >= 4 is 11.6 Å². The van der Waals surface area contributed by atoms with Gasteiger partial charge in [-0.1, -0.05) is 25.4 Å². The summed E-state index contributed by atoms with van der Waals surface area (Å²) in [6, 6.07) is 3.62. The number of hydrogen-bond donors (Lipinski definition) is 1. The second-order valence-corrected chi connectivity index (χ2v) is 5.04. The Hall–Kier alpha value is -0.970. The largest absolute Gasteiger partial charge is 0.493 e. The second kappa shape index (κ2) is 8.25. The fraction of sp³-hybridized carbons (Fsp3) is 0.571. The topological polar surface area (TPSA) is 53.7 Å². The highest BCUT2D eigenvalue weighted by Crippen LogP contribution is 2.36. The van der Waals surface area contributed by atoms with Crippen molar-refractivity contribution in [3.63, 3.8) is 0 Å². The average Bonchev–Trinajstić information content (AvgIpc) is 2.38. The molecule has 0 bridgehead atoms. The molecule has 0 atom stereocenters. The first kappa shape index (κ1) is 16.1. The number of methoxy groups -OCH3 is 1. The van der Waals surface area contributed by atoms with Crippen LogP contribution in [0.2, 0.25) is 5.02 Å². The minimum Gasteiger partial charge on any atom is -0.493 e. The summed E-state index contributed by atoms with van der Waals surface area (Å²) >= 11 is 6.15. The lowest BCUT2D eigenvalue weighted by atomic mass is 10.2. The Morgan fingerprint density at radius 1 is 1.26 bits per heavy atom. The van der Waals surface area contributed by atoms with Crippen LogP contribution >= 0.6 is 11.6 Å². The number of rotatable bonds is 8. The standard InChI is InChI=1S/C14H22ClNO3/c1-10(2)9-18-4-5-19-14-12(15)6-11(8-16)7-13(14)17-3/h6-7,10H,4-5,8-9,16H2,1-3H3. The molecule has 0 aliphatic carbocycles. The summed E-state index contributed by atoms with van der Waals surface area (Å²) in [5, 5.41) is 0.503. The first-order valence-electron chi connectivity index (χ1n) is 6.35. The Labute approximate surface area is 119 Å². The van der Waals surface area contributed by atoms with Gasteiger partial charge in [0.1, 0.15) is 6.61 Å². The average molecular weight is 288 g/mol. The summed E-state index contributed by atoms with van der Waals surface area (Å²) in [5.41, 5.74) is 6.49. The molecule has 0 unspecified atom stereocenters. The van der Waals surface area contributed by atoms with Gasteiger partial charge in [-0.2, -0.15) is 0 Å². The molecule has 19 heavy (non-hydrogen) atoms. The fourth-order valence-electron chi connectivity index (χ4n) is 1.55. The molecule has 108 valence electrons. The number of halogens is 1. The molecule has 0 spiro atoms. The van der Waals surface area contributed by atoms with Crippen LogP contribution in [0.25, 0.3) is 0 Å². The van der Waals surface area contributed by atoms with Gasteiger partial charge in [0.15, 0.2) is 11.5 Å². The third-order valence-corrected chi connectivity index (χ3v) is 2.73. The van der Waals surface area contributed by atoms with Gasteiger partial charge in [0.25, 0.3) is 0 Å². The predicted octanol–water partition coefficient (Wildman–Crippen LogP) is 2.86. The van der Waals surface area contributed by atoms with Crippen LogP contribution in [0.3, 0.4) is 0 Å². The van der Waals surface area contributed by atoms with Crippen molar-refractivity contribution < 1.29 is 14.2 Å². The second-order valence-electron chi connectivity index (χ2n) is 4.63. The molecule has 0 aliphatic heterocycles. The van der Waals surface area contributed by atoms with E-state index in [1.165, 1.54) is 0 Å². The summed E-state index contributed by atoms with van der Waals surface area (Å²) in [4.78, 5) is 0. The third-order valence-electron chi connectivity index (χ3n) is 2.45.